The number of aliphatic hydroxyl groups excluding tert-OH is 3. The summed E-state index contributed by atoms with van der Waals surface area (Å²) < 4.78 is 1.55. The van der Waals surface area contributed by atoms with Crippen molar-refractivity contribution < 1.29 is 15.3 Å². The Morgan fingerprint density at radius 3 is 2.39 bits per heavy atom. The van der Waals surface area contributed by atoms with Gasteiger partial charge in [0, 0.05) is 12.3 Å². The molecule has 2 heterocycles. The molecule has 0 unspecified atom stereocenters. The third-order valence-electron chi connectivity index (χ3n) is 4.39. The highest BCUT2D eigenvalue weighted by Gasteiger charge is 2.20. The Morgan fingerprint density at radius 1 is 1.11 bits per heavy atom. The van der Waals surface area contributed by atoms with E-state index >= 15 is 0 Å². The van der Waals surface area contributed by atoms with Crippen molar-refractivity contribution in [2.45, 2.75) is 25.6 Å². The predicted octanol–water partition coefficient (Wildman–Crippen LogP) is 3.12. The first-order chi connectivity index (χ1) is 13.4. The van der Waals surface area contributed by atoms with E-state index in [1.807, 2.05) is 0 Å². The molecule has 0 amide bonds. The number of para-hydroxylation sites is 1. The number of hydrogen-bond acceptors (Lipinski definition) is 5. The normalized spacial score (nSPS) is 12.5. The Labute approximate surface area is 175 Å². The Kier molecular flexibility index (Phi) is 6.60. The highest BCUT2D eigenvalue weighted by Crippen LogP contribution is 2.34. The summed E-state index contributed by atoms with van der Waals surface area (Å²) in [7, 11) is 0. The molecule has 1 aromatic carbocycles. The molecule has 0 fully saturated rings. The number of rotatable bonds is 6. The number of pyridine rings is 2. The van der Waals surface area contributed by atoms with Gasteiger partial charge in [-0.1, -0.05) is 40.9 Å². The van der Waals surface area contributed by atoms with Crippen molar-refractivity contribution in [1.82, 2.24) is 9.55 Å². The summed E-state index contributed by atoms with van der Waals surface area (Å²) in [5, 5.41) is 29.6. The summed E-state index contributed by atoms with van der Waals surface area (Å²) in [6, 6.07) is 6.25. The zero-order valence-corrected chi connectivity index (χ0v) is 16.8. The minimum absolute atomic E-state index is 0.185. The zero-order valence-electron chi connectivity index (χ0n) is 14.6. The smallest absolute Gasteiger partial charge is 0.191 e. The van der Waals surface area contributed by atoms with Crippen LogP contribution in [0.1, 0.15) is 17.8 Å². The highest BCUT2D eigenvalue weighted by molar-refractivity contribution is 6.38. The molecular weight excluding hydrogens is 427 g/mol. The minimum atomic E-state index is -0.926. The van der Waals surface area contributed by atoms with Crippen LogP contribution < -0.4 is 5.43 Å². The first-order valence-electron chi connectivity index (χ1n) is 8.45. The Morgan fingerprint density at radius 2 is 1.79 bits per heavy atom. The second kappa shape index (κ2) is 8.78. The van der Waals surface area contributed by atoms with Crippen molar-refractivity contribution in [3.8, 4) is 5.69 Å². The molecular formula is C19H17Cl3N2O4. The van der Waals surface area contributed by atoms with Crippen molar-refractivity contribution in [2.24, 2.45) is 0 Å². The van der Waals surface area contributed by atoms with Gasteiger partial charge in [-0.25, -0.2) is 0 Å². The number of aryl methyl sites for hydroxylation is 1. The lowest BCUT2D eigenvalue weighted by atomic mass is 10.1. The maximum atomic E-state index is 12.8. The average molecular weight is 444 g/mol. The van der Waals surface area contributed by atoms with Crippen molar-refractivity contribution in [3.63, 3.8) is 0 Å². The highest BCUT2D eigenvalue weighted by atomic mass is 35.5. The van der Waals surface area contributed by atoms with E-state index in [0.717, 1.165) is 0 Å². The Bertz CT molecular complexity index is 1060. The van der Waals surface area contributed by atoms with Crippen LogP contribution in [-0.2, 0) is 13.0 Å². The van der Waals surface area contributed by atoms with Gasteiger partial charge in [0.15, 0.2) is 5.43 Å². The van der Waals surface area contributed by atoms with Gasteiger partial charge in [-0.05, 0) is 25.0 Å². The van der Waals surface area contributed by atoms with E-state index in [4.69, 9.17) is 39.9 Å². The maximum absolute atomic E-state index is 12.8. The standard InChI is InChI=1S/C19H17Cl3N2O4/c20-12-2-1-3-13(21)18(12)24-10(8-25)6-16(28)17-15(5-4-11(27)9-26)23-7-14(22)19(17)24/h1-3,6-7,11,25-27H,4-5,8-9H2/t11-/m0/s1. The number of halogens is 3. The molecule has 2 aromatic heterocycles. The number of nitrogens with zero attached hydrogens (tertiary/aromatic N) is 2. The summed E-state index contributed by atoms with van der Waals surface area (Å²) in [6.45, 7) is -0.830. The second-order valence-corrected chi connectivity index (χ2v) is 7.44. The van der Waals surface area contributed by atoms with E-state index in [-0.39, 0.29) is 41.0 Å². The molecule has 0 saturated heterocycles. The molecule has 0 spiro atoms. The minimum Gasteiger partial charge on any atom is -0.394 e. The van der Waals surface area contributed by atoms with E-state index in [1.165, 1.54) is 12.3 Å². The summed E-state index contributed by atoms with van der Waals surface area (Å²) in [4.78, 5) is 17.0. The van der Waals surface area contributed by atoms with Gasteiger partial charge in [-0.3, -0.25) is 9.78 Å². The molecule has 6 nitrogen and oxygen atoms in total. The molecule has 1 atom stereocenters. The molecule has 0 aliphatic heterocycles. The van der Waals surface area contributed by atoms with Crippen LogP contribution in [-0.4, -0.2) is 37.6 Å². The van der Waals surface area contributed by atoms with Crippen molar-refractivity contribution in [2.75, 3.05) is 6.61 Å². The van der Waals surface area contributed by atoms with Crippen LogP contribution in [0.3, 0.4) is 0 Å². The first kappa shape index (κ1) is 21.0. The van der Waals surface area contributed by atoms with E-state index in [0.29, 0.717) is 26.9 Å². The second-order valence-electron chi connectivity index (χ2n) is 6.22. The summed E-state index contributed by atoms with van der Waals surface area (Å²) >= 11 is 19.1. The molecule has 0 bridgehead atoms. The third-order valence-corrected chi connectivity index (χ3v) is 5.28. The first-order valence-corrected chi connectivity index (χ1v) is 9.58. The quantitative estimate of drug-likeness (QED) is 0.544. The fourth-order valence-corrected chi connectivity index (χ4v) is 3.88. The van der Waals surface area contributed by atoms with Gasteiger partial charge < -0.3 is 19.9 Å². The van der Waals surface area contributed by atoms with Crippen LogP contribution >= 0.6 is 34.8 Å². The van der Waals surface area contributed by atoms with Crippen LogP contribution in [0.2, 0.25) is 15.1 Å². The van der Waals surface area contributed by atoms with Gasteiger partial charge in [0.05, 0.1) is 62.4 Å². The van der Waals surface area contributed by atoms with Crippen LogP contribution in [0, 0.1) is 0 Å². The fraction of sp³-hybridized carbons (Fsp3) is 0.263. The van der Waals surface area contributed by atoms with E-state index in [2.05, 4.69) is 4.98 Å². The molecule has 3 N–H and O–H groups in total. The summed E-state index contributed by atoms with van der Waals surface area (Å²) in [5.74, 6) is 0. The van der Waals surface area contributed by atoms with Gasteiger partial charge in [-0.2, -0.15) is 0 Å². The maximum Gasteiger partial charge on any atom is 0.191 e. The molecule has 0 aliphatic carbocycles. The monoisotopic (exact) mass is 442 g/mol. The lowest BCUT2D eigenvalue weighted by Gasteiger charge is -2.20. The molecule has 28 heavy (non-hydrogen) atoms. The van der Waals surface area contributed by atoms with Crippen LogP contribution in [0.25, 0.3) is 16.6 Å². The largest absolute Gasteiger partial charge is 0.394 e. The number of fused-ring (bicyclic) bond motifs is 1. The number of aliphatic hydroxyl groups is 3. The SMILES string of the molecule is O=c1cc(CO)n(-c2c(Cl)cccc2Cl)c2c(Cl)cnc(CC[C@H](O)CO)c12. The molecule has 0 saturated carbocycles. The van der Waals surface area contributed by atoms with Gasteiger partial charge in [0.25, 0.3) is 0 Å². The fourth-order valence-electron chi connectivity index (χ4n) is 3.08. The molecule has 0 aliphatic rings. The van der Waals surface area contributed by atoms with Crippen LogP contribution in [0.4, 0.5) is 0 Å². The van der Waals surface area contributed by atoms with Gasteiger partial charge >= 0.3 is 0 Å². The molecule has 9 heteroatoms. The van der Waals surface area contributed by atoms with Gasteiger partial charge in [-0.15, -0.1) is 0 Å². The van der Waals surface area contributed by atoms with Crippen molar-refractivity contribution >= 4 is 45.7 Å². The average Bonchev–Trinajstić information content (AvgIpc) is 2.68. The Balaban J connectivity index is 2.38. The third kappa shape index (κ3) is 3.89. The number of hydrogen-bond donors (Lipinski definition) is 3. The number of aromatic nitrogens is 2. The van der Waals surface area contributed by atoms with Crippen molar-refractivity contribution in [3.05, 3.63) is 67.1 Å². The number of benzene rings is 1. The van der Waals surface area contributed by atoms with Crippen LogP contribution in [0.5, 0.6) is 0 Å². The lowest BCUT2D eigenvalue weighted by Crippen LogP contribution is -2.18. The summed E-state index contributed by atoms with van der Waals surface area (Å²) in [5.41, 5.74) is 1.01. The zero-order chi connectivity index (χ0) is 20.4. The van der Waals surface area contributed by atoms with Gasteiger partial charge in [0.2, 0.25) is 0 Å². The van der Waals surface area contributed by atoms with Gasteiger partial charge in [0.1, 0.15) is 0 Å². The molecule has 148 valence electrons. The van der Waals surface area contributed by atoms with Crippen LogP contribution in [0.15, 0.2) is 35.3 Å². The molecule has 3 rings (SSSR count). The predicted molar refractivity (Wildman–Crippen MR) is 110 cm³/mol. The van der Waals surface area contributed by atoms with E-state index in [1.54, 1.807) is 22.8 Å². The molecule has 0 radical (unpaired) electrons. The topological polar surface area (TPSA) is 95.6 Å². The summed E-state index contributed by atoms with van der Waals surface area (Å²) in [6.07, 6.45) is 0.935. The van der Waals surface area contributed by atoms with E-state index in [9.17, 15) is 15.0 Å². The Hall–Kier alpha value is -1.67. The lowest BCUT2D eigenvalue weighted by molar-refractivity contribution is 0.0884. The van der Waals surface area contributed by atoms with E-state index < -0.39 is 12.7 Å². The molecule has 3 aromatic rings. The van der Waals surface area contributed by atoms with Crippen molar-refractivity contribution in [1.29, 1.82) is 0 Å².